The van der Waals surface area contributed by atoms with Crippen molar-refractivity contribution in [2.75, 3.05) is 17.7 Å². The van der Waals surface area contributed by atoms with Crippen LogP contribution in [0.4, 0.5) is 23.0 Å². The van der Waals surface area contributed by atoms with E-state index in [9.17, 15) is 10.1 Å². The summed E-state index contributed by atoms with van der Waals surface area (Å²) in [5.41, 5.74) is 1.00. The highest BCUT2D eigenvalue weighted by Crippen LogP contribution is 2.36. The molecule has 0 saturated heterocycles. The number of methoxy groups -OCH3 is 1. The Labute approximate surface area is 170 Å². The fourth-order valence-corrected chi connectivity index (χ4v) is 2.78. The van der Waals surface area contributed by atoms with Gasteiger partial charge in [0.2, 0.25) is 11.6 Å². The normalized spacial score (nSPS) is 10.4. The van der Waals surface area contributed by atoms with Crippen molar-refractivity contribution in [1.29, 1.82) is 0 Å². The SMILES string of the molecule is COc1ccc(CNc2ncnc(Nc3cccc(Cl)c3Cl)c2[N+](=O)[O-])cc1. The van der Waals surface area contributed by atoms with Crippen molar-refractivity contribution in [3.8, 4) is 5.75 Å². The van der Waals surface area contributed by atoms with Gasteiger partial charge in [0, 0.05) is 6.54 Å². The molecule has 0 radical (unpaired) electrons. The number of nitrogens with zero attached hydrogens (tertiary/aromatic N) is 3. The Morgan fingerprint density at radius 1 is 1.11 bits per heavy atom. The highest BCUT2D eigenvalue weighted by molar-refractivity contribution is 6.43. The number of ether oxygens (including phenoxy) is 1. The minimum atomic E-state index is -0.558. The molecule has 28 heavy (non-hydrogen) atoms. The Hall–Kier alpha value is -3.10. The van der Waals surface area contributed by atoms with Gasteiger partial charge in [-0.05, 0) is 29.8 Å². The van der Waals surface area contributed by atoms with Crippen molar-refractivity contribution in [3.63, 3.8) is 0 Å². The number of aromatic nitrogens is 2. The monoisotopic (exact) mass is 419 g/mol. The van der Waals surface area contributed by atoms with Crippen LogP contribution in [0, 0.1) is 10.1 Å². The molecule has 2 N–H and O–H groups in total. The van der Waals surface area contributed by atoms with Crippen molar-refractivity contribution in [1.82, 2.24) is 9.97 Å². The zero-order valence-corrected chi connectivity index (χ0v) is 16.2. The zero-order valence-electron chi connectivity index (χ0n) is 14.6. The van der Waals surface area contributed by atoms with Gasteiger partial charge in [-0.15, -0.1) is 0 Å². The standard InChI is InChI=1S/C18H15Cl2N5O3/c1-28-12-7-5-11(6-8-12)9-21-17-16(25(26)27)18(23-10-22-17)24-14-4-2-3-13(19)15(14)20/h2-8,10H,9H2,1H3,(H2,21,22,23,24). The molecule has 2 aromatic carbocycles. The Balaban J connectivity index is 1.86. The Bertz CT molecular complexity index is 999. The molecule has 0 saturated carbocycles. The zero-order chi connectivity index (χ0) is 20.1. The summed E-state index contributed by atoms with van der Waals surface area (Å²) in [5.74, 6) is 0.805. The number of benzene rings is 2. The van der Waals surface area contributed by atoms with Crippen molar-refractivity contribution in [2.45, 2.75) is 6.54 Å². The molecule has 0 unspecified atom stereocenters. The largest absolute Gasteiger partial charge is 0.497 e. The summed E-state index contributed by atoms with van der Waals surface area (Å²) in [6.07, 6.45) is 1.23. The van der Waals surface area contributed by atoms with Gasteiger partial charge in [-0.3, -0.25) is 10.1 Å². The molecule has 1 aromatic heterocycles. The van der Waals surface area contributed by atoms with E-state index in [4.69, 9.17) is 27.9 Å². The maximum atomic E-state index is 11.6. The van der Waals surface area contributed by atoms with E-state index in [2.05, 4.69) is 20.6 Å². The van der Waals surface area contributed by atoms with E-state index in [0.29, 0.717) is 17.3 Å². The summed E-state index contributed by atoms with van der Waals surface area (Å²) in [6, 6.07) is 12.2. The maximum absolute atomic E-state index is 11.6. The number of nitrogens with one attached hydrogen (secondary N) is 2. The molecule has 0 atom stereocenters. The Kier molecular flexibility index (Phi) is 6.13. The lowest BCUT2D eigenvalue weighted by molar-refractivity contribution is -0.383. The molecule has 0 aliphatic carbocycles. The number of rotatable bonds is 7. The molecular formula is C18H15Cl2N5O3. The highest BCUT2D eigenvalue weighted by Gasteiger charge is 2.23. The van der Waals surface area contributed by atoms with Crippen molar-refractivity contribution in [3.05, 3.63) is 74.5 Å². The third kappa shape index (κ3) is 4.41. The molecule has 3 rings (SSSR count). The number of halogens is 2. The summed E-state index contributed by atoms with van der Waals surface area (Å²) in [5, 5.41) is 18.0. The molecule has 0 bridgehead atoms. The fourth-order valence-electron chi connectivity index (χ4n) is 2.43. The smallest absolute Gasteiger partial charge is 0.353 e. The Morgan fingerprint density at radius 3 is 2.50 bits per heavy atom. The third-order valence-electron chi connectivity index (χ3n) is 3.83. The van der Waals surface area contributed by atoms with Crippen LogP contribution in [-0.4, -0.2) is 22.0 Å². The average molecular weight is 420 g/mol. The second kappa shape index (κ2) is 8.73. The predicted molar refractivity (Wildman–Crippen MR) is 109 cm³/mol. The molecule has 0 aliphatic rings. The van der Waals surface area contributed by atoms with Crippen LogP contribution < -0.4 is 15.4 Å². The fraction of sp³-hybridized carbons (Fsp3) is 0.111. The van der Waals surface area contributed by atoms with Crippen LogP contribution in [-0.2, 0) is 6.54 Å². The topological polar surface area (TPSA) is 102 Å². The van der Waals surface area contributed by atoms with Gasteiger partial charge in [0.1, 0.15) is 12.1 Å². The molecule has 0 spiro atoms. The van der Waals surface area contributed by atoms with Gasteiger partial charge in [0.25, 0.3) is 0 Å². The van der Waals surface area contributed by atoms with Gasteiger partial charge in [0.05, 0.1) is 27.8 Å². The molecule has 3 aromatic rings. The molecular weight excluding hydrogens is 405 g/mol. The van der Waals surface area contributed by atoms with Crippen molar-refractivity contribution in [2.24, 2.45) is 0 Å². The van der Waals surface area contributed by atoms with E-state index in [1.165, 1.54) is 6.33 Å². The summed E-state index contributed by atoms with van der Waals surface area (Å²) >= 11 is 12.1. The van der Waals surface area contributed by atoms with Gasteiger partial charge < -0.3 is 15.4 Å². The number of hydrogen-bond donors (Lipinski definition) is 2. The first kappa shape index (κ1) is 19.7. The molecule has 0 fully saturated rings. The van der Waals surface area contributed by atoms with Crippen LogP contribution in [0.3, 0.4) is 0 Å². The van der Waals surface area contributed by atoms with E-state index < -0.39 is 4.92 Å². The third-order valence-corrected chi connectivity index (χ3v) is 4.65. The van der Waals surface area contributed by atoms with Gasteiger partial charge >= 0.3 is 5.69 Å². The first-order valence-electron chi connectivity index (χ1n) is 8.07. The summed E-state index contributed by atoms with van der Waals surface area (Å²) in [6.45, 7) is 0.333. The van der Waals surface area contributed by atoms with E-state index >= 15 is 0 Å². The highest BCUT2D eigenvalue weighted by atomic mass is 35.5. The van der Waals surface area contributed by atoms with E-state index in [0.717, 1.165) is 11.3 Å². The summed E-state index contributed by atoms with van der Waals surface area (Å²) in [4.78, 5) is 19.1. The Morgan fingerprint density at radius 2 is 1.82 bits per heavy atom. The summed E-state index contributed by atoms with van der Waals surface area (Å²) < 4.78 is 5.11. The maximum Gasteiger partial charge on any atom is 0.353 e. The van der Waals surface area contributed by atoms with Gasteiger partial charge in [-0.1, -0.05) is 41.4 Å². The molecule has 0 aliphatic heterocycles. The van der Waals surface area contributed by atoms with Gasteiger partial charge in [-0.25, -0.2) is 9.97 Å². The molecule has 144 valence electrons. The minimum Gasteiger partial charge on any atom is -0.497 e. The van der Waals surface area contributed by atoms with Crippen LogP contribution in [0.25, 0.3) is 0 Å². The van der Waals surface area contributed by atoms with E-state index in [-0.39, 0.29) is 22.3 Å². The molecule has 10 heteroatoms. The second-order valence-electron chi connectivity index (χ2n) is 5.60. The summed E-state index contributed by atoms with van der Waals surface area (Å²) in [7, 11) is 1.58. The van der Waals surface area contributed by atoms with Crippen LogP contribution in [0.15, 0.2) is 48.8 Å². The lowest BCUT2D eigenvalue weighted by atomic mass is 10.2. The quantitative estimate of drug-likeness (QED) is 0.407. The van der Waals surface area contributed by atoms with Crippen LogP contribution in [0.1, 0.15) is 5.56 Å². The van der Waals surface area contributed by atoms with Crippen LogP contribution in [0.2, 0.25) is 10.0 Å². The lowest BCUT2D eigenvalue weighted by Crippen LogP contribution is -2.08. The lowest BCUT2D eigenvalue weighted by Gasteiger charge is -2.11. The number of anilines is 3. The number of hydrogen-bond acceptors (Lipinski definition) is 7. The average Bonchev–Trinajstić information content (AvgIpc) is 2.70. The van der Waals surface area contributed by atoms with Crippen LogP contribution in [0.5, 0.6) is 5.75 Å². The first-order valence-corrected chi connectivity index (χ1v) is 8.82. The van der Waals surface area contributed by atoms with Gasteiger partial charge in [0.15, 0.2) is 0 Å². The van der Waals surface area contributed by atoms with Gasteiger partial charge in [-0.2, -0.15) is 0 Å². The predicted octanol–water partition coefficient (Wildman–Crippen LogP) is 5.06. The van der Waals surface area contributed by atoms with E-state index in [1.54, 1.807) is 37.4 Å². The second-order valence-corrected chi connectivity index (χ2v) is 6.39. The number of nitro groups is 1. The van der Waals surface area contributed by atoms with Crippen molar-refractivity contribution < 1.29 is 9.66 Å². The molecule has 1 heterocycles. The van der Waals surface area contributed by atoms with E-state index in [1.807, 2.05) is 12.1 Å². The molecule has 0 amide bonds. The molecule has 8 nitrogen and oxygen atoms in total. The minimum absolute atomic E-state index is 0.00129. The van der Waals surface area contributed by atoms with Crippen LogP contribution >= 0.6 is 23.2 Å². The first-order chi connectivity index (χ1) is 13.5. The van der Waals surface area contributed by atoms with Crippen molar-refractivity contribution >= 4 is 46.2 Å².